The van der Waals surface area contributed by atoms with Gasteiger partial charge in [-0.1, -0.05) is 25.1 Å². The quantitative estimate of drug-likeness (QED) is 0.880. The van der Waals surface area contributed by atoms with Crippen molar-refractivity contribution >= 4 is 11.3 Å². The molecule has 1 atom stereocenters. The van der Waals surface area contributed by atoms with E-state index in [4.69, 9.17) is 10.5 Å². The second kappa shape index (κ2) is 6.68. The van der Waals surface area contributed by atoms with Gasteiger partial charge in [0.15, 0.2) is 0 Å². The van der Waals surface area contributed by atoms with Gasteiger partial charge in [0.2, 0.25) is 0 Å². The molecule has 0 saturated heterocycles. The summed E-state index contributed by atoms with van der Waals surface area (Å²) in [5.41, 5.74) is 8.39. The Bertz CT molecular complexity index is 511. The minimum absolute atomic E-state index is 0.184. The fraction of sp³-hybridized carbons (Fsp3) is 0.400. The largest absolute Gasteiger partial charge is 0.486 e. The van der Waals surface area contributed by atoms with Crippen molar-refractivity contribution in [2.24, 2.45) is 5.73 Å². The maximum Gasteiger partial charge on any atom is 0.140 e. The molecule has 0 bridgehead atoms. The molecule has 2 aromatic rings. The van der Waals surface area contributed by atoms with Crippen molar-refractivity contribution in [2.75, 3.05) is 0 Å². The highest BCUT2D eigenvalue weighted by molar-refractivity contribution is 7.09. The molecule has 0 amide bonds. The average Bonchev–Trinajstić information content (AvgIpc) is 2.91. The van der Waals surface area contributed by atoms with Crippen LogP contribution < -0.4 is 10.5 Å². The first-order valence-corrected chi connectivity index (χ1v) is 7.44. The fourth-order valence-corrected chi connectivity index (χ4v) is 2.49. The summed E-state index contributed by atoms with van der Waals surface area (Å²) in [6.07, 6.45) is 3.63. The highest BCUT2D eigenvalue weighted by Crippen LogP contribution is 2.26. The highest BCUT2D eigenvalue weighted by Gasteiger charge is 2.11. The Morgan fingerprint density at radius 3 is 2.95 bits per heavy atom. The third kappa shape index (κ3) is 3.78. The van der Waals surface area contributed by atoms with E-state index in [2.05, 4.69) is 37.0 Å². The van der Waals surface area contributed by atoms with Gasteiger partial charge in [0.25, 0.3) is 0 Å². The van der Waals surface area contributed by atoms with Crippen molar-refractivity contribution in [3.63, 3.8) is 0 Å². The van der Waals surface area contributed by atoms with Crippen LogP contribution in [0.5, 0.6) is 5.75 Å². The van der Waals surface area contributed by atoms with Gasteiger partial charge in [-0.05, 0) is 30.9 Å². The number of aromatic nitrogens is 1. The predicted molar refractivity (Wildman–Crippen MR) is 79.6 cm³/mol. The molecule has 1 aromatic heterocycles. The third-order valence-corrected chi connectivity index (χ3v) is 3.88. The van der Waals surface area contributed by atoms with Gasteiger partial charge < -0.3 is 10.5 Å². The van der Waals surface area contributed by atoms with Gasteiger partial charge in [-0.15, -0.1) is 11.3 Å². The Hall–Kier alpha value is -1.39. The first-order valence-electron chi connectivity index (χ1n) is 6.56. The summed E-state index contributed by atoms with van der Waals surface area (Å²) in [7, 11) is 0. The van der Waals surface area contributed by atoms with E-state index in [0.717, 1.165) is 29.2 Å². The molecule has 0 fully saturated rings. The zero-order chi connectivity index (χ0) is 13.7. The van der Waals surface area contributed by atoms with E-state index in [1.165, 1.54) is 5.56 Å². The zero-order valence-corrected chi connectivity index (χ0v) is 12.2. The second-order valence-corrected chi connectivity index (χ2v) is 5.63. The van der Waals surface area contributed by atoms with E-state index in [0.29, 0.717) is 6.61 Å². The molecule has 3 nitrogen and oxygen atoms in total. The lowest BCUT2D eigenvalue weighted by molar-refractivity contribution is 0.299. The van der Waals surface area contributed by atoms with Crippen LogP contribution in [-0.2, 0) is 13.0 Å². The van der Waals surface area contributed by atoms with E-state index in [1.807, 2.05) is 5.38 Å². The lowest BCUT2D eigenvalue weighted by atomic mass is 10.0. The molecule has 19 heavy (non-hydrogen) atoms. The van der Waals surface area contributed by atoms with E-state index in [1.54, 1.807) is 17.5 Å². The van der Waals surface area contributed by atoms with Crippen LogP contribution in [-0.4, -0.2) is 11.0 Å². The molecule has 0 aliphatic heterocycles. The zero-order valence-electron chi connectivity index (χ0n) is 11.4. The summed E-state index contributed by atoms with van der Waals surface area (Å²) in [6.45, 7) is 4.70. The molecule has 0 spiro atoms. The summed E-state index contributed by atoms with van der Waals surface area (Å²) in [5, 5.41) is 2.96. The number of hydrogen-bond donors (Lipinski definition) is 1. The minimum Gasteiger partial charge on any atom is -0.486 e. The van der Waals surface area contributed by atoms with E-state index in [9.17, 15) is 0 Å². The molecule has 102 valence electrons. The van der Waals surface area contributed by atoms with Gasteiger partial charge in [0.1, 0.15) is 17.4 Å². The minimum atomic E-state index is 0.184. The molecule has 0 radical (unpaired) electrons. The molecule has 1 aromatic carbocycles. The van der Waals surface area contributed by atoms with Crippen LogP contribution in [0.15, 0.2) is 29.8 Å². The Kier molecular flexibility index (Phi) is 4.93. The van der Waals surface area contributed by atoms with Gasteiger partial charge in [0.05, 0.1) is 0 Å². The number of nitrogens with two attached hydrogens (primary N) is 1. The Morgan fingerprint density at radius 1 is 1.42 bits per heavy atom. The van der Waals surface area contributed by atoms with Crippen molar-refractivity contribution in [3.8, 4) is 5.75 Å². The maximum absolute atomic E-state index is 6.05. The Labute approximate surface area is 118 Å². The van der Waals surface area contributed by atoms with Crippen LogP contribution in [0.2, 0.25) is 0 Å². The molecule has 2 rings (SSSR count). The van der Waals surface area contributed by atoms with Gasteiger partial charge in [-0.3, -0.25) is 0 Å². The molecular weight excluding hydrogens is 256 g/mol. The number of thiazole rings is 1. The molecule has 4 heteroatoms. The van der Waals surface area contributed by atoms with Gasteiger partial charge in [-0.25, -0.2) is 4.98 Å². The van der Waals surface area contributed by atoms with Gasteiger partial charge in [0, 0.05) is 17.6 Å². The van der Waals surface area contributed by atoms with Crippen LogP contribution >= 0.6 is 11.3 Å². The van der Waals surface area contributed by atoms with Crippen LogP contribution in [0.4, 0.5) is 0 Å². The normalized spacial score (nSPS) is 12.4. The number of hydrogen-bond acceptors (Lipinski definition) is 4. The van der Waals surface area contributed by atoms with Crippen LogP contribution in [0.25, 0.3) is 0 Å². The molecule has 1 unspecified atom stereocenters. The summed E-state index contributed by atoms with van der Waals surface area (Å²) < 4.78 is 5.95. The molecule has 0 aliphatic rings. The molecule has 1 heterocycles. The summed E-state index contributed by atoms with van der Waals surface area (Å²) in [5.74, 6) is 0.960. The van der Waals surface area contributed by atoms with E-state index >= 15 is 0 Å². The van der Waals surface area contributed by atoms with Gasteiger partial charge in [-0.2, -0.15) is 0 Å². The number of rotatable bonds is 6. The number of ether oxygens (including phenoxy) is 1. The lowest BCUT2D eigenvalue weighted by Crippen LogP contribution is -2.21. The van der Waals surface area contributed by atoms with Crippen molar-refractivity contribution in [3.05, 3.63) is 45.9 Å². The van der Waals surface area contributed by atoms with Crippen molar-refractivity contribution in [1.82, 2.24) is 4.98 Å². The van der Waals surface area contributed by atoms with Crippen LogP contribution in [0.1, 0.15) is 29.5 Å². The van der Waals surface area contributed by atoms with Crippen molar-refractivity contribution in [1.29, 1.82) is 0 Å². The standard InChI is InChI=1S/C15H20N2OS/c1-3-13(16)9-12-6-4-5-11(2)15(12)18-10-14-17-7-8-19-14/h4-8,13H,3,9-10,16H2,1-2H3. The third-order valence-electron chi connectivity index (χ3n) is 3.12. The Morgan fingerprint density at radius 2 is 2.26 bits per heavy atom. The van der Waals surface area contributed by atoms with E-state index in [-0.39, 0.29) is 6.04 Å². The summed E-state index contributed by atoms with van der Waals surface area (Å²) in [4.78, 5) is 4.24. The first kappa shape index (κ1) is 14.0. The van der Waals surface area contributed by atoms with Gasteiger partial charge >= 0.3 is 0 Å². The topological polar surface area (TPSA) is 48.1 Å². The second-order valence-electron chi connectivity index (χ2n) is 4.65. The van der Waals surface area contributed by atoms with Crippen LogP contribution in [0, 0.1) is 6.92 Å². The van der Waals surface area contributed by atoms with Crippen molar-refractivity contribution in [2.45, 2.75) is 39.3 Å². The van der Waals surface area contributed by atoms with Crippen molar-refractivity contribution < 1.29 is 4.74 Å². The number of benzene rings is 1. The van der Waals surface area contributed by atoms with E-state index < -0.39 is 0 Å². The first-order chi connectivity index (χ1) is 9.20. The monoisotopic (exact) mass is 276 g/mol. The molecular formula is C15H20N2OS. The highest BCUT2D eigenvalue weighted by atomic mass is 32.1. The average molecular weight is 276 g/mol. The SMILES string of the molecule is CCC(N)Cc1cccc(C)c1OCc1nccs1. The maximum atomic E-state index is 6.05. The smallest absolute Gasteiger partial charge is 0.140 e. The predicted octanol–water partition coefficient (Wildman–Crippen LogP) is 3.31. The number of nitrogens with zero attached hydrogens (tertiary/aromatic N) is 1. The van der Waals surface area contributed by atoms with Crippen LogP contribution in [0.3, 0.4) is 0 Å². The lowest BCUT2D eigenvalue weighted by Gasteiger charge is -2.16. The summed E-state index contributed by atoms with van der Waals surface area (Å²) >= 11 is 1.61. The molecule has 2 N–H and O–H groups in total. The number of aryl methyl sites for hydroxylation is 1. The summed E-state index contributed by atoms with van der Waals surface area (Å²) in [6, 6.07) is 6.41. The molecule has 0 saturated carbocycles. The molecule has 0 aliphatic carbocycles. The number of para-hydroxylation sites is 1. The Balaban J connectivity index is 2.13. The fourth-order valence-electron chi connectivity index (χ4n) is 1.97.